The average Bonchev–Trinajstić information content (AvgIpc) is 2.64. The van der Waals surface area contributed by atoms with Gasteiger partial charge < -0.3 is 5.32 Å². The number of rotatable bonds is 5. The third-order valence-electron chi connectivity index (χ3n) is 4.88. The van der Waals surface area contributed by atoms with E-state index in [2.05, 4.69) is 29.3 Å². The van der Waals surface area contributed by atoms with Gasteiger partial charge in [-0.15, -0.1) is 0 Å². The van der Waals surface area contributed by atoms with Crippen LogP contribution in [-0.2, 0) is 11.3 Å². The molecule has 3 rings (SSSR count). The van der Waals surface area contributed by atoms with E-state index in [0.29, 0.717) is 10.0 Å². The standard InChI is InChI=1S/C22H24Cl2N2O/c1-16-10-12-26(13-11-16)15-17-2-7-20(8-3-17)25-22(27)9-5-18-4-6-19(23)14-21(18)24/h2-9,14,16H,10-13,15H2,1H3,(H,25,27)/b9-5+. The molecular weight excluding hydrogens is 379 g/mol. The predicted octanol–water partition coefficient (Wildman–Crippen LogP) is 5.88. The second-order valence-electron chi connectivity index (χ2n) is 7.14. The monoisotopic (exact) mass is 402 g/mol. The largest absolute Gasteiger partial charge is 0.323 e. The summed E-state index contributed by atoms with van der Waals surface area (Å²) >= 11 is 12.0. The summed E-state index contributed by atoms with van der Waals surface area (Å²) in [6.07, 6.45) is 5.70. The Bertz CT molecular complexity index is 810. The topological polar surface area (TPSA) is 32.3 Å². The molecule has 142 valence electrons. The second kappa shape index (κ2) is 9.41. The normalized spacial score (nSPS) is 16.0. The number of halogens is 2. The van der Waals surface area contributed by atoms with Crippen molar-refractivity contribution in [2.75, 3.05) is 18.4 Å². The molecule has 1 aliphatic heterocycles. The van der Waals surface area contributed by atoms with Gasteiger partial charge in [0.25, 0.3) is 0 Å². The van der Waals surface area contributed by atoms with Gasteiger partial charge in [0, 0.05) is 28.4 Å². The summed E-state index contributed by atoms with van der Waals surface area (Å²) in [5.41, 5.74) is 2.80. The van der Waals surface area contributed by atoms with Crippen LogP contribution in [0.1, 0.15) is 30.9 Å². The average molecular weight is 403 g/mol. The zero-order chi connectivity index (χ0) is 19.2. The van der Waals surface area contributed by atoms with Gasteiger partial charge in [0.15, 0.2) is 0 Å². The van der Waals surface area contributed by atoms with Gasteiger partial charge in [-0.25, -0.2) is 0 Å². The molecule has 2 aromatic carbocycles. The molecule has 1 heterocycles. The highest BCUT2D eigenvalue weighted by molar-refractivity contribution is 6.35. The Labute approximate surface area is 171 Å². The van der Waals surface area contributed by atoms with Crippen molar-refractivity contribution in [1.82, 2.24) is 4.90 Å². The fourth-order valence-electron chi connectivity index (χ4n) is 3.16. The molecule has 2 aromatic rings. The lowest BCUT2D eigenvalue weighted by Crippen LogP contribution is -2.32. The second-order valence-corrected chi connectivity index (χ2v) is 7.99. The van der Waals surface area contributed by atoms with Crippen LogP contribution in [0.15, 0.2) is 48.5 Å². The van der Waals surface area contributed by atoms with Gasteiger partial charge in [-0.3, -0.25) is 9.69 Å². The Morgan fingerprint density at radius 3 is 2.52 bits per heavy atom. The summed E-state index contributed by atoms with van der Waals surface area (Å²) in [6.45, 7) is 5.62. The molecule has 0 bridgehead atoms. The maximum atomic E-state index is 12.1. The van der Waals surface area contributed by atoms with E-state index >= 15 is 0 Å². The molecular formula is C22H24Cl2N2O. The van der Waals surface area contributed by atoms with Gasteiger partial charge in [-0.05, 0) is 73.3 Å². The molecule has 0 aromatic heterocycles. The van der Waals surface area contributed by atoms with Crippen molar-refractivity contribution >= 4 is 40.9 Å². The van der Waals surface area contributed by atoms with Gasteiger partial charge in [0.05, 0.1) is 0 Å². The molecule has 0 radical (unpaired) electrons. The molecule has 0 saturated carbocycles. The number of hydrogen-bond acceptors (Lipinski definition) is 2. The number of hydrogen-bond donors (Lipinski definition) is 1. The van der Waals surface area contributed by atoms with Crippen LogP contribution in [0.4, 0.5) is 5.69 Å². The van der Waals surface area contributed by atoms with Crippen molar-refractivity contribution in [2.24, 2.45) is 5.92 Å². The highest BCUT2D eigenvalue weighted by Crippen LogP contribution is 2.22. The smallest absolute Gasteiger partial charge is 0.248 e. The number of carbonyl (C=O) groups excluding carboxylic acids is 1. The van der Waals surface area contributed by atoms with Crippen LogP contribution < -0.4 is 5.32 Å². The first-order chi connectivity index (χ1) is 13.0. The van der Waals surface area contributed by atoms with Crippen LogP contribution in [-0.4, -0.2) is 23.9 Å². The van der Waals surface area contributed by atoms with E-state index in [1.165, 1.54) is 24.5 Å². The van der Waals surface area contributed by atoms with E-state index < -0.39 is 0 Å². The Balaban J connectivity index is 1.53. The highest BCUT2D eigenvalue weighted by atomic mass is 35.5. The number of piperidine rings is 1. The summed E-state index contributed by atoms with van der Waals surface area (Å²) in [6, 6.07) is 13.2. The van der Waals surface area contributed by atoms with Gasteiger partial charge in [-0.1, -0.05) is 48.3 Å². The van der Waals surface area contributed by atoms with E-state index in [1.54, 1.807) is 24.3 Å². The molecule has 3 nitrogen and oxygen atoms in total. The predicted molar refractivity (Wildman–Crippen MR) is 114 cm³/mol. The maximum absolute atomic E-state index is 12.1. The molecule has 5 heteroatoms. The van der Waals surface area contributed by atoms with Crippen LogP contribution in [0.3, 0.4) is 0 Å². The molecule has 0 aliphatic carbocycles. The Morgan fingerprint density at radius 2 is 1.85 bits per heavy atom. The van der Waals surface area contributed by atoms with Crippen LogP contribution in [0.25, 0.3) is 6.08 Å². The minimum Gasteiger partial charge on any atom is -0.323 e. The molecule has 0 spiro atoms. The molecule has 1 aliphatic rings. The molecule has 0 atom stereocenters. The number of amides is 1. The van der Waals surface area contributed by atoms with Gasteiger partial charge in [-0.2, -0.15) is 0 Å². The van der Waals surface area contributed by atoms with E-state index in [9.17, 15) is 4.79 Å². The number of nitrogens with zero attached hydrogens (tertiary/aromatic N) is 1. The molecule has 1 fully saturated rings. The third kappa shape index (κ3) is 6.10. The molecule has 27 heavy (non-hydrogen) atoms. The lowest BCUT2D eigenvalue weighted by molar-refractivity contribution is -0.111. The van der Waals surface area contributed by atoms with Crippen LogP contribution >= 0.6 is 23.2 Å². The fraction of sp³-hybridized carbons (Fsp3) is 0.318. The Morgan fingerprint density at radius 1 is 1.15 bits per heavy atom. The molecule has 0 unspecified atom stereocenters. The first kappa shape index (κ1) is 19.9. The zero-order valence-electron chi connectivity index (χ0n) is 15.4. The van der Waals surface area contributed by atoms with Crippen LogP contribution in [0.5, 0.6) is 0 Å². The SMILES string of the molecule is CC1CCN(Cc2ccc(NC(=O)/C=C/c3ccc(Cl)cc3Cl)cc2)CC1. The first-order valence-corrected chi connectivity index (χ1v) is 10.0. The number of benzene rings is 2. The summed E-state index contributed by atoms with van der Waals surface area (Å²) in [7, 11) is 0. The van der Waals surface area contributed by atoms with Crippen LogP contribution in [0.2, 0.25) is 10.0 Å². The minimum absolute atomic E-state index is 0.196. The van der Waals surface area contributed by atoms with Crippen molar-refractivity contribution in [3.05, 3.63) is 69.7 Å². The van der Waals surface area contributed by atoms with E-state index in [4.69, 9.17) is 23.2 Å². The molecule has 1 N–H and O–H groups in total. The number of anilines is 1. The number of carbonyl (C=O) groups is 1. The van der Waals surface area contributed by atoms with Gasteiger partial charge >= 0.3 is 0 Å². The van der Waals surface area contributed by atoms with Crippen molar-refractivity contribution in [3.63, 3.8) is 0 Å². The Hall–Kier alpha value is -1.81. The summed E-state index contributed by atoms with van der Waals surface area (Å²) in [5, 5.41) is 3.96. The number of likely N-dealkylation sites (tertiary alicyclic amines) is 1. The van der Waals surface area contributed by atoms with Gasteiger partial charge in [0.1, 0.15) is 0 Å². The van der Waals surface area contributed by atoms with Crippen molar-refractivity contribution in [2.45, 2.75) is 26.3 Å². The zero-order valence-corrected chi connectivity index (χ0v) is 16.9. The lowest BCUT2D eigenvalue weighted by Gasteiger charge is -2.30. The fourth-order valence-corrected chi connectivity index (χ4v) is 3.63. The quantitative estimate of drug-likeness (QED) is 0.633. The summed E-state index contributed by atoms with van der Waals surface area (Å²) < 4.78 is 0. The lowest BCUT2D eigenvalue weighted by atomic mass is 9.99. The van der Waals surface area contributed by atoms with Crippen molar-refractivity contribution in [1.29, 1.82) is 0 Å². The summed E-state index contributed by atoms with van der Waals surface area (Å²) in [4.78, 5) is 14.6. The van der Waals surface area contributed by atoms with E-state index in [0.717, 1.165) is 36.8 Å². The minimum atomic E-state index is -0.196. The third-order valence-corrected chi connectivity index (χ3v) is 5.44. The first-order valence-electron chi connectivity index (χ1n) is 9.25. The molecule has 1 saturated heterocycles. The number of nitrogens with one attached hydrogen (secondary N) is 1. The van der Waals surface area contributed by atoms with E-state index in [1.807, 2.05) is 12.1 Å². The van der Waals surface area contributed by atoms with Gasteiger partial charge in [0.2, 0.25) is 5.91 Å². The Kier molecular flexibility index (Phi) is 6.95. The van der Waals surface area contributed by atoms with Crippen LogP contribution in [0, 0.1) is 5.92 Å². The molecule has 1 amide bonds. The summed E-state index contributed by atoms with van der Waals surface area (Å²) in [5.74, 6) is 0.647. The van der Waals surface area contributed by atoms with Crippen molar-refractivity contribution < 1.29 is 4.79 Å². The maximum Gasteiger partial charge on any atom is 0.248 e. The van der Waals surface area contributed by atoms with E-state index in [-0.39, 0.29) is 5.91 Å². The highest BCUT2D eigenvalue weighted by Gasteiger charge is 2.15. The van der Waals surface area contributed by atoms with Crippen molar-refractivity contribution in [3.8, 4) is 0 Å².